The third-order valence-corrected chi connectivity index (χ3v) is 3.45. The van der Waals surface area contributed by atoms with Crippen LogP contribution in [-0.2, 0) is 0 Å². The van der Waals surface area contributed by atoms with E-state index in [1.165, 1.54) is 17.5 Å². The van der Waals surface area contributed by atoms with Gasteiger partial charge in [-0.15, -0.1) is 0 Å². The van der Waals surface area contributed by atoms with Crippen molar-refractivity contribution < 1.29 is 0 Å². The summed E-state index contributed by atoms with van der Waals surface area (Å²) in [5.41, 5.74) is 2.66. The second-order valence-electron chi connectivity index (χ2n) is 5.30. The number of nitrogens with one attached hydrogen (secondary N) is 2. The van der Waals surface area contributed by atoms with Crippen LogP contribution in [0, 0.1) is 0 Å². The molecule has 0 aliphatic carbocycles. The summed E-state index contributed by atoms with van der Waals surface area (Å²) in [4.78, 5) is 4.17. The zero-order valence-electron chi connectivity index (χ0n) is 12.0. The molecular weight excluding hydrogens is 236 g/mol. The molecule has 1 aromatic carbocycles. The van der Waals surface area contributed by atoms with Crippen molar-refractivity contribution in [2.45, 2.75) is 45.7 Å². The van der Waals surface area contributed by atoms with Crippen LogP contribution in [0.4, 0.5) is 0 Å². The molecule has 2 rings (SSSR count). The van der Waals surface area contributed by atoms with Gasteiger partial charge in [-0.1, -0.05) is 38.1 Å². The van der Waals surface area contributed by atoms with E-state index >= 15 is 0 Å². The molecule has 4 heteroatoms. The first-order valence-electron chi connectivity index (χ1n) is 6.79. The van der Waals surface area contributed by atoms with Crippen LogP contribution in [-0.4, -0.2) is 15.2 Å². The van der Waals surface area contributed by atoms with E-state index in [9.17, 15) is 0 Å². The Morgan fingerprint density at radius 3 is 2.11 bits per heavy atom. The van der Waals surface area contributed by atoms with Crippen molar-refractivity contribution in [1.82, 2.24) is 20.5 Å². The lowest BCUT2D eigenvalue weighted by Gasteiger charge is -2.19. The Kier molecular flexibility index (Phi) is 4.32. The minimum absolute atomic E-state index is 0.155. The first-order chi connectivity index (χ1) is 9.08. The summed E-state index contributed by atoms with van der Waals surface area (Å²) in [6.45, 7) is 8.67. The van der Waals surface area contributed by atoms with Crippen LogP contribution in [0.5, 0.6) is 0 Å². The van der Waals surface area contributed by atoms with Crippen molar-refractivity contribution in [3.05, 3.63) is 47.5 Å². The van der Waals surface area contributed by atoms with Crippen molar-refractivity contribution >= 4 is 0 Å². The summed E-state index contributed by atoms with van der Waals surface area (Å²) in [7, 11) is 0. The monoisotopic (exact) mass is 258 g/mol. The molecule has 0 spiro atoms. The topological polar surface area (TPSA) is 53.6 Å². The molecule has 2 aromatic rings. The second kappa shape index (κ2) is 5.97. The number of nitrogens with zero attached hydrogens (tertiary/aromatic N) is 2. The molecule has 0 saturated heterocycles. The van der Waals surface area contributed by atoms with Crippen LogP contribution in [0.2, 0.25) is 0 Å². The Morgan fingerprint density at radius 2 is 1.58 bits per heavy atom. The van der Waals surface area contributed by atoms with Crippen molar-refractivity contribution in [2.24, 2.45) is 0 Å². The fourth-order valence-corrected chi connectivity index (χ4v) is 2.14. The molecule has 0 saturated carbocycles. The van der Waals surface area contributed by atoms with E-state index in [0.717, 1.165) is 5.82 Å². The lowest BCUT2D eigenvalue weighted by Crippen LogP contribution is -2.23. The first-order valence-corrected chi connectivity index (χ1v) is 6.79. The summed E-state index contributed by atoms with van der Waals surface area (Å²) < 4.78 is 0. The average molecular weight is 258 g/mol. The molecule has 0 radical (unpaired) electrons. The van der Waals surface area contributed by atoms with Gasteiger partial charge in [0.25, 0.3) is 0 Å². The highest BCUT2D eigenvalue weighted by atomic mass is 15.2. The van der Waals surface area contributed by atoms with Crippen molar-refractivity contribution in [3.63, 3.8) is 0 Å². The maximum absolute atomic E-state index is 4.17. The number of H-pyrrole nitrogens is 1. The Bertz CT molecular complexity index is 487. The Labute approximate surface area is 114 Å². The first kappa shape index (κ1) is 13.7. The van der Waals surface area contributed by atoms with Crippen LogP contribution >= 0.6 is 0 Å². The van der Waals surface area contributed by atoms with Gasteiger partial charge in [0.05, 0.1) is 6.04 Å². The fourth-order valence-electron chi connectivity index (χ4n) is 2.14. The van der Waals surface area contributed by atoms with Gasteiger partial charge < -0.3 is 5.32 Å². The molecule has 102 valence electrons. The van der Waals surface area contributed by atoms with Crippen LogP contribution in [0.1, 0.15) is 62.6 Å². The Balaban J connectivity index is 2.01. The van der Waals surface area contributed by atoms with Crippen LogP contribution in [0.25, 0.3) is 0 Å². The number of aromatic nitrogens is 3. The summed E-state index contributed by atoms with van der Waals surface area (Å²) in [5, 5.41) is 10.3. The number of benzene rings is 1. The summed E-state index contributed by atoms with van der Waals surface area (Å²) in [5.74, 6) is 1.44. The van der Waals surface area contributed by atoms with Crippen molar-refractivity contribution in [2.75, 3.05) is 0 Å². The van der Waals surface area contributed by atoms with Gasteiger partial charge in [-0.25, -0.2) is 4.98 Å². The van der Waals surface area contributed by atoms with E-state index in [-0.39, 0.29) is 12.1 Å². The average Bonchev–Trinajstić information content (AvgIpc) is 2.92. The number of hydrogen-bond acceptors (Lipinski definition) is 3. The van der Waals surface area contributed by atoms with E-state index in [2.05, 4.69) is 72.5 Å². The fraction of sp³-hybridized carbons (Fsp3) is 0.467. The lowest BCUT2D eigenvalue weighted by atomic mass is 9.99. The SMILES string of the molecule is CC(C)c1ccc(C(C)NC(C)c2ncn[nH]2)cc1. The third kappa shape index (κ3) is 3.41. The maximum Gasteiger partial charge on any atom is 0.141 e. The van der Waals surface area contributed by atoms with Gasteiger partial charge in [0.1, 0.15) is 12.2 Å². The molecule has 1 aromatic heterocycles. The predicted molar refractivity (Wildman–Crippen MR) is 76.9 cm³/mol. The molecule has 0 fully saturated rings. The molecule has 2 unspecified atom stereocenters. The molecule has 0 aliphatic heterocycles. The molecule has 2 N–H and O–H groups in total. The Hall–Kier alpha value is -1.68. The highest BCUT2D eigenvalue weighted by molar-refractivity contribution is 5.26. The van der Waals surface area contributed by atoms with Crippen LogP contribution in [0.3, 0.4) is 0 Å². The van der Waals surface area contributed by atoms with E-state index in [1.54, 1.807) is 0 Å². The minimum Gasteiger partial charge on any atom is -0.301 e. The highest BCUT2D eigenvalue weighted by Crippen LogP contribution is 2.20. The molecule has 0 amide bonds. The van der Waals surface area contributed by atoms with Gasteiger partial charge in [-0.05, 0) is 30.9 Å². The molecular formula is C15H22N4. The van der Waals surface area contributed by atoms with Gasteiger partial charge in [0.15, 0.2) is 0 Å². The zero-order valence-corrected chi connectivity index (χ0v) is 12.0. The van der Waals surface area contributed by atoms with E-state index in [1.807, 2.05) is 0 Å². The highest BCUT2D eigenvalue weighted by Gasteiger charge is 2.13. The maximum atomic E-state index is 4.17. The van der Waals surface area contributed by atoms with Gasteiger partial charge >= 0.3 is 0 Å². The molecule has 0 aliphatic rings. The summed E-state index contributed by atoms with van der Waals surface area (Å²) in [6.07, 6.45) is 1.54. The van der Waals surface area contributed by atoms with Crippen molar-refractivity contribution in [3.8, 4) is 0 Å². The van der Waals surface area contributed by atoms with Gasteiger partial charge in [0, 0.05) is 6.04 Å². The number of aromatic amines is 1. The minimum atomic E-state index is 0.155. The third-order valence-electron chi connectivity index (χ3n) is 3.45. The second-order valence-corrected chi connectivity index (χ2v) is 5.30. The van der Waals surface area contributed by atoms with E-state index in [0.29, 0.717) is 5.92 Å². The number of hydrogen-bond donors (Lipinski definition) is 2. The predicted octanol–water partition coefficient (Wildman–Crippen LogP) is 3.34. The van der Waals surface area contributed by atoms with Gasteiger partial charge in [-0.2, -0.15) is 5.10 Å². The smallest absolute Gasteiger partial charge is 0.141 e. The molecule has 2 atom stereocenters. The van der Waals surface area contributed by atoms with E-state index in [4.69, 9.17) is 0 Å². The van der Waals surface area contributed by atoms with Crippen molar-refractivity contribution in [1.29, 1.82) is 0 Å². The lowest BCUT2D eigenvalue weighted by molar-refractivity contribution is 0.477. The zero-order chi connectivity index (χ0) is 13.8. The molecule has 0 bridgehead atoms. The number of rotatable bonds is 5. The quantitative estimate of drug-likeness (QED) is 0.864. The van der Waals surface area contributed by atoms with Gasteiger partial charge in [-0.3, -0.25) is 5.10 Å². The molecule has 1 heterocycles. The molecule has 4 nitrogen and oxygen atoms in total. The van der Waals surface area contributed by atoms with Gasteiger partial charge in [0.2, 0.25) is 0 Å². The Morgan fingerprint density at radius 1 is 0.947 bits per heavy atom. The molecule has 19 heavy (non-hydrogen) atoms. The van der Waals surface area contributed by atoms with Crippen LogP contribution < -0.4 is 5.32 Å². The standard InChI is InChI=1S/C15H22N4/c1-10(2)13-5-7-14(8-6-13)11(3)18-12(4)15-16-9-17-19-15/h5-12,18H,1-4H3,(H,16,17,19). The summed E-state index contributed by atoms with van der Waals surface area (Å²) >= 11 is 0. The largest absolute Gasteiger partial charge is 0.301 e. The summed E-state index contributed by atoms with van der Waals surface area (Å²) in [6, 6.07) is 9.23. The van der Waals surface area contributed by atoms with Crippen LogP contribution in [0.15, 0.2) is 30.6 Å². The van der Waals surface area contributed by atoms with E-state index < -0.39 is 0 Å². The normalized spacial score (nSPS) is 14.6.